The fraction of sp³-hybridized carbons (Fsp3) is 0.855. The van der Waals surface area contributed by atoms with E-state index in [4.69, 9.17) is 28.4 Å². The number of ether oxygens (including phenoxy) is 6. The minimum Gasteiger partial charge on any atom is -0.455 e. The van der Waals surface area contributed by atoms with E-state index in [0.29, 0.717) is 24.9 Å². The number of aliphatic hydroxyl groups excluding tert-OH is 2. The van der Waals surface area contributed by atoms with Crippen LogP contribution < -0.4 is 0 Å². The molecule has 0 radical (unpaired) electrons. The quantitative estimate of drug-likeness (QED) is 0.0499. The van der Waals surface area contributed by atoms with E-state index in [2.05, 4.69) is 11.8 Å². The molecule has 67 heavy (non-hydrogen) atoms. The van der Waals surface area contributed by atoms with Crippen LogP contribution in [0.4, 0.5) is 0 Å². The topological polar surface area (TPSA) is 153 Å². The second-order valence-electron chi connectivity index (χ2n) is 22.0. The number of carbonyl (C=O) groups excluding carboxylic acids is 2. The maximum Gasteiger partial charge on any atom is 0.338 e. The molecule has 380 valence electrons. The first-order valence-corrected chi connectivity index (χ1v) is 26.8. The Hall–Kier alpha value is -2.16. The molecular formula is C55H89NO11. The van der Waals surface area contributed by atoms with E-state index in [1.807, 2.05) is 13.1 Å². The molecule has 7 bridgehead atoms. The van der Waals surface area contributed by atoms with Gasteiger partial charge in [0.2, 0.25) is 0 Å². The maximum absolute atomic E-state index is 14.6. The number of unbranched alkanes of at least 4 members (excludes halogenated alkanes) is 20. The van der Waals surface area contributed by atoms with E-state index in [1.54, 1.807) is 45.6 Å². The summed E-state index contributed by atoms with van der Waals surface area (Å²) in [5.41, 5.74) is -4.83. The SMILES string of the molecule is CCCCCCCCCCCCCCCCCCCCCCCC(=O)O[C@]12[C@H]3[C@@H](OC(=O)c4ccccc4)[C@](O)(C[C@H]3[C@@]34C5[C@@H]1[C@H](OC)[C@@H]3[C@](COC)(CN5C)[C@H](O)C[C@@H]4OC)[C@@H](OC)[C@@H]2O. The summed E-state index contributed by atoms with van der Waals surface area (Å²) in [6, 6.07) is 8.31. The Morgan fingerprint density at radius 2 is 1.27 bits per heavy atom. The fourth-order valence-corrected chi connectivity index (χ4v) is 15.9. The van der Waals surface area contributed by atoms with Crippen LogP contribution in [0.25, 0.3) is 0 Å². The van der Waals surface area contributed by atoms with Crippen LogP contribution in [-0.4, -0.2) is 135 Å². The average molecular weight is 940 g/mol. The van der Waals surface area contributed by atoms with Gasteiger partial charge in [0.25, 0.3) is 0 Å². The number of piperidine rings is 1. The van der Waals surface area contributed by atoms with Crippen LogP contribution in [0.3, 0.4) is 0 Å². The summed E-state index contributed by atoms with van der Waals surface area (Å²) in [5.74, 6) is -3.48. The van der Waals surface area contributed by atoms with Crippen molar-refractivity contribution in [3.63, 3.8) is 0 Å². The molecule has 1 aromatic carbocycles. The number of likely N-dealkylation sites (tertiary alicyclic amines) is 1. The van der Waals surface area contributed by atoms with Gasteiger partial charge in [-0.05, 0) is 37.9 Å². The number of carbonyl (C=O) groups is 2. The minimum atomic E-state index is -1.84. The fourth-order valence-electron chi connectivity index (χ4n) is 15.9. The second-order valence-corrected chi connectivity index (χ2v) is 22.0. The van der Waals surface area contributed by atoms with E-state index in [1.165, 1.54) is 116 Å². The van der Waals surface area contributed by atoms with Gasteiger partial charge in [0.1, 0.15) is 23.9 Å². The number of esters is 2. The lowest BCUT2D eigenvalue weighted by molar-refractivity contribution is -0.321. The lowest BCUT2D eigenvalue weighted by Gasteiger charge is -2.70. The van der Waals surface area contributed by atoms with Crippen molar-refractivity contribution < 1.29 is 53.3 Å². The number of benzene rings is 1. The zero-order valence-electron chi connectivity index (χ0n) is 42.2. The molecule has 12 heteroatoms. The highest BCUT2D eigenvalue weighted by Gasteiger charge is 2.92. The molecule has 1 heterocycles. The van der Waals surface area contributed by atoms with Crippen LogP contribution in [-0.2, 0) is 33.2 Å². The first-order chi connectivity index (χ1) is 32.5. The third kappa shape index (κ3) is 9.56. The van der Waals surface area contributed by atoms with Crippen molar-refractivity contribution in [2.24, 2.45) is 34.5 Å². The molecule has 0 amide bonds. The lowest BCUT2D eigenvalue weighted by Crippen LogP contribution is -2.81. The summed E-state index contributed by atoms with van der Waals surface area (Å²) in [5, 5.41) is 38.3. The molecule has 6 aliphatic rings. The van der Waals surface area contributed by atoms with Crippen LogP contribution in [0.5, 0.6) is 0 Å². The van der Waals surface area contributed by atoms with E-state index >= 15 is 0 Å². The first kappa shape index (κ1) is 52.7. The Morgan fingerprint density at radius 3 is 1.78 bits per heavy atom. The van der Waals surface area contributed by atoms with Gasteiger partial charge in [0.15, 0.2) is 5.60 Å². The summed E-state index contributed by atoms with van der Waals surface area (Å²) in [4.78, 5) is 30.9. The molecule has 5 saturated carbocycles. The molecule has 6 fully saturated rings. The number of rotatable bonds is 30. The van der Waals surface area contributed by atoms with Gasteiger partial charge in [-0.1, -0.05) is 154 Å². The molecule has 1 aliphatic heterocycles. The highest BCUT2D eigenvalue weighted by molar-refractivity contribution is 5.89. The smallest absolute Gasteiger partial charge is 0.338 e. The van der Waals surface area contributed by atoms with Crippen molar-refractivity contribution in [2.45, 2.75) is 215 Å². The highest BCUT2D eigenvalue weighted by atomic mass is 16.6. The Morgan fingerprint density at radius 1 is 0.716 bits per heavy atom. The summed E-state index contributed by atoms with van der Waals surface area (Å²) in [7, 11) is 8.42. The number of fused-ring (bicyclic) bond motifs is 2. The van der Waals surface area contributed by atoms with Gasteiger partial charge in [0, 0.05) is 82.5 Å². The molecule has 5 aliphatic carbocycles. The standard InChI is InChI=1S/C55H89NO11/c1-7-8-9-10-11-12-13-14-15-16-17-18-19-20-21-22-23-24-25-26-30-33-42(58)67-55-43-39(35-53(61,50(65-6)48(55)59)49(43)66-51(60)38-31-28-27-29-32-38)54-41(63-4)34-40(57)52(37-62-3)36-56(2)47(54)44(55)45(64-5)46(52)54/h27-29,31-32,39-41,43-50,57,59,61H,7-26,30,33-37H2,1-6H3/t39-,40-,41+,43-,44+,45+,46-,47?,48+,49-,50+,52+,53-,54+,55-/m1/s1. The van der Waals surface area contributed by atoms with Crippen LogP contribution >= 0.6 is 0 Å². The summed E-state index contributed by atoms with van der Waals surface area (Å²) in [6.45, 7) is 3.00. The van der Waals surface area contributed by atoms with E-state index in [0.717, 1.165) is 19.3 Å². The van der Waals surface area contributed by atoms with Gasteiger partial charge < -0.3 is 48.6 Å². The second kappa shape index (κ2) is 23.4. The Kier molecular flexibility index (Phi) is 18.4. The number of hydrogen-bond acceptors (Lipinski definition) is 12. The van der Waals surface area contributed by atoms with Crippen LogP contribution in [0.1, 0.15) is 171 Å². The van der Waals surface area contributed by atoms with E-state index in [9.17, 15) is 24.9 Å². The Bertz CT molecular complexity index is 1720. The molecular weight excluding hydrogens is 851 g/mol. The third-order valence-electron chi connectivity index (χ3n) is 18.3. The van der Waals surface area contributed by atoms with Crippen LogP contribution in [0, 0.1) is 34.5 Å². The average Bonchev–Trinajstić information content (AvgIpc) is 3.71. The predicted octanol–water partition coefficient (Wildman–Crippen LogP) is 8.84. The summed E-state index contributed by atoms with van der Waals surface area (Å²) < 4.78 is 38.6. The molecule has 7 rings (SSSR count). The zero-order valence-corrected chi connectivity index (χ0v) is 42.2. The zero-order chi connectivity index (χ0) is 47.8. The van der Waals surface area contributed by atoms with Gasteiger partial charge in [-0.2, -0.15) is 0 Å². The first-order valence-electron chi connectivity index (χ1n) is 26.8. The van der Waals surface area contributed by atoms with Crippen molar-refractivity contribution >= 4 is 11.9 Å². The van der Waals surface area contributed by atoms with E-state index < -0.39 is 88.3 Å². The lowest BCUT2D eigenvalue weighted by atomic mass is 9.42. The molecule has 1 spiro atoms. The normalized spacial score (nSPS) is 38.0. The monoisotopic (exact) mass is 940 g/mol. The van der Waals surface area contributed by atoms with Crippen molar-refractivity contribution in [1.29, 1.82) is 0 Å². The van der Waals surface area contributed by atoms with Gasteiger partial charge in [0.05, 0.1) is 30.5 Å². The molecule has 1 unspecified atom stereocenters. The van der Waals surface area contributed by atoms with Crippen LogP contribution in [0.15, 0.2) is 30.3 Å². The summed E-state index contributed by atoms with van der Waals surface area (Å²) >= 11 is 0. The molecule has 1 aromatic rings. The Labute approximate surface area is 402 Å². The van der Waals surface area contributed by atoms with Gasteiger partial charge in [-0.15, -0.1) is 0 Å². The van der Waals surface area contributed by atoms with Gasteiger partial charge in [-0.25, -0.2) is 4.79 Å². The number of hydrogen-bond donors (Lipinski definition) is 3. The maximum atomic E-state index is 14.6. The molecule has 15 atom stereocenters. The van der Waals surface area contributed by atoms with Crippen molar-refractivity contribution in [3.05, 3.63) is 35.9 Å². The van der Waals surface area contributed by atoms with Crippen molar-refractivity contribution in [3.8, 4) is 0 Å². The largest absolute Gasteiger partial charge is 0.455 e. The number of methoxy groups -OCH3 is 4. The highest BCUT2D eigenvalue weighted by Crippen LogP contribution is 2.80. The molecule has 0 aromatic heterocycles. The van der Waals surface area contributed by atoms with E-state index in [-0.39, 0.29) is 31.4 Å². The van der Waals surface area contributed by atoms with Crippen molar-refractivity contribution in [1.82, 2.24) is 4.90 Å². The minimum absolute atomic E-state index is 0.0850. The molecule has 3 N–H and O–H groups in total. The summed E-state index contributed by atoms with van der Waals surface area (Å²) in [6.07, 6.45) is 21.4. The van der Waals surface area contributed by atoms with Crippen molar-refractivity contribution in [2.75, 3.05) is 48.6 Å². The predicted molar refractivity (Wildman–Crippen MR) is 257 cm³/mol. The molecule has 1 saturated heterocycles. The van der Waals surface area contributed by atoms with Gasteiger partial charge >= 0.3 is 11.9 Å². The molecule has 12 nitrogen and oxygen atoms in total. The van der Waals surface area contributed by atoms with Crippen LogP contribution in [0.2, 0.25) is 0 Å². The Balaban J connectivity index is 1.01. The van der Waals surface area contributed by atoms with Gasteiger partial charge in [-0.3, -0.25) is 4.79 Å². The number of nitrogens with zero attached hydrogens (tertiary/aromatic N) is 1. The third-order valence-corrected chi connectivity index (χ3v) is 18.3. The number of aliphatic hydroxyl groups is 3.